The number of nitrogens with one attached hydrogen (secondary N) is 1. The molecular formula is C16H19NO. The highest BCUT2D eigenvalue weighted by Crippen LogP contribution is 2.32. The molecule has 0 fully saturated rings. The molecule has 18 heavy (non-hydrogen) atoms. The van der Waals surface area contributed by atoms with Crippen molar-refractivity contribution in [1.29, 1.82) is 0 Å². The Hall–Kier alpha value is -1.64. The molecule has 0 unspecified atom stereocenters. The molecule has 2 aromatic rings. The first-order valence-electron chi connectivity index (χ1n) is 6.20. The second kappa shape index (κ2) is 5.34. The summed E-state index contributed by atoms with van der Waals surface area (Å²) in [7, 11) is 1.86. The van der Waals surface area contributed by atoms with E-state index in [1.807, 2.05) is 74.6 Å². The first-order chi connectivity index (χ1) is 8.69. The van der Waals surface area contributed by atoms with Gasteiger partial charge in [0, 0.05) is 6.04 Å². The van der Waals surface area contributed by atoms with Crippen LogP contribution in [0.3, 0.4) is 0 Å². The van der Waals surface area contributed by atoms with Crippen LogP contribution in [0, 0.1) is 0 Å². The van der Waals surface area contributed by atoms with Crippen LogP contribution in [0.5, 0.6) is 0 Å². The van der Waals surface area contributed by atoms with E-state index >= 15 is 0 Å². The van der Waals surface area contributed by atoms with Crippen molar-refractivity contribution in [2.24, 2.45) is 0 Å². The molecular weight excluding hydrogens is 222 g/mol. The van der Waals surface area contributed by atoms with Crippen molar-refractivity contribution >= 4 is 0 Å². The van der Waals surface area contributed by atoms with Gasteiger partial charge in [0.2, 0.25) is 0 Å². The number of rotatable bonds is 4. The highest BCUT2D eigenvalue weighted by atomic mass is 16.3. The topological polar surface area (TPSA) is 32.3 Å². The largest absolute Gasteiger partial charge is 0.379 e. The SMILES string of the molecule is CN[C@H](C)C(O)(c1ccccc1)c1ccccc1. The van der Waals surface area contributed by atoms with Crippen LogP contribution in [0.2, 0.25) is 0 Å². The Morgan fingerprint density at radius 1 is 0.889 bits per heavy atom. The molecule has 1 atom stereocenters. The van der Waals surface area contributed by atoms with E-state index in [2.05, 4.69) is 5.32 Å². The van der Waals surface area contributed by atoms with Crippen LogP contribution in [-0.2, 0) is 5.60 Å². The minimum absolute atomic E-state index is 0.0812. The third-order valence-corrected chi connectivity index (χ3v) is 3.49. The molecule has 0 heterocycles. The monoisotopic (exact) mass is 241 g/mol. The Bertz CT molecular complexity index is 441. The predicted molar refractivity (Wildman–Crippen MR) is 74.4 cm³/mol. The number of benzene rings is 2. The lowest BCUT2D eigenvalue weighted by atomic mass is 9.81. The van der Waals surface area contributed by atoms with Crippen molar-refractivity contribution in [3.8, 4) is 0 Å². The molecule has 0 radical (unpaired) electrons. The summed E-state index contributed by atoms with van der Waals surface area (Å²) in [5.41, 5.74) is 0.785. The molecule has 94 valence electrons. The van der Waals surface area contributed by atoms with Crippen LogP contribution in [0.25, 0.3) is 0 Å². The fourth-order valence-electron chi connectivity index (χ4n) is 2.26. The van der Waals surface area contributed by atoms with Gasteiger partial charge in [0.05, 0.1) is 0 Å². The van der Waals surface area contributed by atoms with Gasteiger partial charge in [-0.3, -0.25) is 0 Å². The fourth-order valence-corrected chi connectivity index (χ4v) is 2.26. The lowest BCUT2D eigenvalue weighted by molar-refractivity contribution is 0.0467. The zero-order valence-corrected chi connectivity index (χ0v) is 10.8. The van der Waals surface area contributed by atoms with Gasteiger partial charge in [-0.2, -0.15) is 0 Å². The number of hydrogen-bond acceptors (Lipinski definition) is 2. The van der Waals surface area contributed by atoms with Gasteiger partial charge in [0.15, 0.2) is 0 Å². The van der Waals surface area contributed by atoms with Gasteiger partial charge in [-0.05, 0) is 25.1 Å². The van der Waals surface area contributed by atoms with E-state index in [-0.39, 0.29) is 6.04 Å². The van der Waals surface area contributed by atoms with Crippen LogP contribution in [-0.4, -0.2) is 18.2 Å². The summed E-state index contributed by atoms with van der Waals surface area (Å²) in [4.78, 5) is 0. The summed E-state index contributed by atoms with van der Waals surface area (Å²) in [5.74, 6) is 0. The molecule has 2 rings (SSSR count). The maximum absolute atomic E-state index is 11.2. The van der Waals surface area contributed by atoms with Crippen molar-refractivity contribution in [1.82, 2.24) is 5.32 Å². The second-order valence-corrected chi connectivity index (χ2v) is 4.51. The smallest absolute Gasteiger partial charge is 0.130 e. The minimum Gasteiger partial charge on any atom is -0.379 e. The van der Waals surface area contributed by atoms with Gasteiger partial charge < -0.3 is 10.4 Å². The lowest BCUT2D eigenvalue weighted by Crippen LogP contribution is -2.46. The van der Waals surface area contributed by atoms with E-state index in [1.165, 1.54) is 0 Å². The van der Waals surface area contributed by atoms with Gasteiger partial charge in [0.25, 0.3) is 0 Å². The maximum atomic E-state index is 11.2. The molecule has 0 aromatic heterocycles. The minimum atomic E-state index is -1.02. The Balaban J connectivity index is 2.55. The predicted octanol–water partition coefficient (Wildman–Crippen LogP) is 2.53. The summed E-state index contributed by atoms with van der Waals surface area (Å²) >= 11 is 0. The van der Waals surface area contributed by atoms with E-state index in [4.69, 9.17) is 0 Å². The Kier molecular flexibility index (Phi) is 3.80. The van der Waals surface area contributed by atoms with E-state index in [0.29, 0.717) is 0 Å². The van der Waals surface area contributed by atoms with Crippen LogP contribution in [0.4, 0.5) is 0 Å². The van der Waals surface area contributed by atoms with Crippen LogP contribution in [0.1, 0.15) is 18.1 Å². The van der Waals surface area contributed by atoms with E-state index in [0.717, 1.165) is 11.1 Å². The molecule has 0 saturated heterocycles. The van der Waals surface area contributed by atoms with Crippen molar-refractivity contribution in [3.05, 3.63) is 71.8 Å². The second-order valence-electron chi connectivity index (χ2n) is 4.51. The molecule has 0 aliphatic rings. The van der Waals surface area contributed by atoms with Gasteiger partial charge in [-0.1, -0.05) is 60.7 Å². The van der Waals surface area contributed by atoms with Gasteiger partial charge >= 0.3 is 0 Å². The molecule has 2 aromatic carbocycles. The average Bonchev–Trinajstić information content (AvgIpc) is 2.47. The van der Waals surface area contributed by atoms with Crippen molar-refractivity contribution in [2.45, 2.75) is 18.6 Å². The van der Waals surface area contributed by atoms with Gasteiger partial charge in [0.1, 0.15) is 5.60 Å². The molecule has 0 bridgehead atoms. The summed E-state index contributed by atoms with van der Waals surface area (Å²) < 4.78 is 0. The van der Waals surface area contributed by atoms with Crippen LogP contribution >= 0.6 is 0 Å². The molecule has 0 amide bonds. The molecule has 0 aliphatic heterocycles. The zero-order valence-electron chi connectivity index (χ0n) is 10.8. The highest BCUT2D eigenvalue weighted by molar-refractivity contribution is 5.37. The lowest BCUT2D eigenvalue weighted by Gasteiger charge is -2.35. The summed E-state index contributed by atoms with van der Waals surface area (Å²) in [6.07, 6.45) is 0. The Labute approximate surface area is 108 Å². The third kappa shape index (κ3) is 2.17. The van der Waals surface area contributed by atoms with Crippen molar-refractivity contribution < 1.29 is 5.11 Å². The van der Waals surface area contributed by atoms with E-state index in [9.17, 15) is 5.11 Å². The summed E-state index contributed by atoms with van der Waals surface area (Å²) in [6, 6.07) is 19.5. The van der Waals surface area contributed by atoms with E-state index in [1.54, 1.807) is 0 Å². The Morgan fingerprint density at radius 2 is 1.28 bits per heavy atom. The number of aliphatic hydroxyl groups is 1. The van der Waals surface area contributed by atoms with Crippen molar-refractivity contribution in [2.75, 3.05) is 7.05 Å². The van der Waals surface area contributed by atoms with Gasteiger partial charge in [-0.25, -0.2) is 0 Å². The standard InChI is InChI=1S/C16H19NO/c1-13(17-2)16(18,14-9-5-3-6-10-14)15-11-7-4-8-12-15/h3-13,17-18H,1-2H3/t13-/m1/s1. The third-order valence-electron chi connectivity index (χ3n) is 3.49. The fraction of sp³-hybridized carbons (Fsp3) is 0.250. The first-order valence-corrected chi connectivity index (χ1v) is 6.20. The first kappa shape index (κ1) is 12.8. The number of hydrogen-bond donors (Lipinski definition) is 2. The maximum Gasteiger partial charge on any atom is 0.130 e. The summed E-state index contributed by atoms with van der Waals surface area (Å²) in [5, 5.41) is 14.3. The van der Waals surface area contributed by atoms with Crippen LogP contribution < -0.4 is 5.32 Å². The molecule has 0 spiro atoms. The highest BCUT2D eigenvalue weighted by Gasteiger charge is 2.36. The molecule has 2 nitrogen and oxygen atoms in total. The molecule has 2 N–H and O–H groups in total. The molecule has 0 saturated carbocycles. The molecule has 0 aliphatic carbocycles. The quantitative estimate of drug-likeness (QED) is 0.862. The normalized spacial score (nSPS) is 13.3. The van der Waals surface area contributed by atoms with Gasteiger partial charge in [-0.15, -0.1) is 0 Å². The van der Waals surface area contributed by atoms with E-state index < -0.39 is 5.60 Å². The van der Waals surface area contributed by atoms with Crippen molar-refractivity contribution in [3.63, 3.8) is 0 Å². The van der Waals surface area contributed by atoms with Crippen LogP contribution in [0.15, 0.2) is 60.7 Å². The zero-order chi connectivity index (χ0) is 13.0. The molecule has 2 heteroatoms. The number of likely N-dealkylation sites (N-methyl/N-ethyl adjacent to an activating group) is 1. The summed E-state index contributed by atoms with van der Waals surface area (Å²) in [6.45, 7) is 1.99. The Morgan fingerprint density at radius 3 is 1.61 bits per heavy atom. The average molecular weight is 241 g/mol.